The quantitative estimate of drug-likeness (QED) is 0.727. The maximum Gasteiger partial charge on any atom is 0.153 e. The molecule has 4 heteroatoms. The van der Waals surface area contributed by atoms with Gasteiger partial charge >= 0.3 is 0 Å². The van der Waals surface area contributed by atoms with Crippen LogP contribution < -0.4 is 4.90 Å². The van der Waals surface area contributed by atoms with Crippen LogP contribution in [-0.4, -0.2) is 36.6 Å². The summed E-state index contributed by atoms with van der Waals surface area (Å²) in [5, 5.41) is 0. The smallest absolute Gasteiger partial charge is 0.153 e. The summed E-state index contributed by atoms with van der Waals surface area (Å²) in [6.45, 7) is 1.56. The van der Waals surface area contributed by atoms with Gasteiger partial charge < -0.3 is 9.64 Å². The minimum Gasteiger partial charge on any atom is -0.374 e. The highest BCUT2D eigenvalue weighted by Gasteiger charge is 2.37. The Balaban J connectivity index is 1.94. The number of fused-ring (bicyclic) bond motifs is 1. The largest absolute Gasteiger partial charge is 0.374 e. The van der Waals surface area contributed by atoms with Crippen molar-refractivity contribution in [3.63, 3.8) is 0 Å². The van der Waals surface area contributed by atoms with Gasteiger partial charge in [0.15, 0.2) is 6.29 Å². The third-order valence-corrected chi connectivity index (χ3v) is 3.70. The Bertz CT molecular complexity index is 422. The molecule has 1 aromatic rings. The topological polar surface area (TPSA) is 42.4 Å². The molecular formula is C13H16N2O2. The Morgan fingerprint density at radius 1 is 1.47 bits per heavy atom. The van der Waals surface area contributed by atoms with E-state index in [0.29, 0.717) is 17.7 Å². The molecule has 0 amide bonds. The van der Waals surface area contributed by atoms with Crippen LogP contribution in [0.15, 0.2) is 18.3 Å². The molecule has 3 rings (SSSR count). The van der Waals surface area contributed by atoms with Gasteiger partial charge in [-0.25, -0.2) is 4.98 Å². The first-order valence-electron chi connectivity index (χ1n) is 6.18. The van der Waals surface area contributed by atoms with E-state index in [2.05, 4.69) is 9.88 Å². The SMILES string of the molecule is O=Cc1cccnc1N1CCOC2CCCC21. The summed E-state index contributed by atoms with van der Waals surface area (Å²) in [5.41, 5.74) is 0.681. The summed E-state index contributed by atoms with van der Waals surface area (Å²) in [7, 11) is 0. The molecule has 1 aromatic heterocycles. The first kappa shape index (κ1) is 10.7. The normalized spacial score (nSPS) is 27.9. The summed E-state index contributed by atoms with van der Waals surface area (Å²) in [6, 6.07) is 4.03. The maximum absolute atomic E-state index is 11.1. The molecule has 1 saturated heterocycles. The second-order valence-corrected chi connectivity index (χ2v) is 4.63. The number of carbonyl (C=O) groups is 1. The van der Waals surface area contributed by atoms with Gasteiger partial charge in [-0.05, 0) is 31.4 Å². The van der Waals surface area contributed by atoms with Crippen LogP contribution in [0, 0.1) is 0 Å². The molecule has 4 nitrogen and oxygen atoms in total. The molecule has 1 aliphatic carbocycles. The molecule has 2 unspecified atom stereocenters. The van der Waals surface area contributed by atoms with Crippen LogP contribution in [0.5, 0.6) is 0 Å². The molecule has 0 bridgehead atoms. The zero-order chi connectivity index (χ0) is 11.7. The van der Waals surface area contributed by atoms with Crippen LogP contribution in [0.1, 0.15) is 29.6 Å². The highest BCUT2D eigenvalue weighted by Crippen LogP contribution is 2.33. The van der Waals surface area contributed by atoms with Crippen LogP contribution in [0.3, 0.4) is 0 Å². The van der Waals surface area contributed by atoms with Gasteiger partial charge in [0.25, 0.3) is 0 Å². The van der Waals surface area contributed by atoms with Gasteiger partial charge in [0.05, 0.1) is 24.3 Å². The van der Waals surface area contributed by atoms with Crippen LogP contribution in [-0.2, 0) is 4.74 Å². The van der Waals surface area contributed by atoms with Crippen LogP contribution in [0.4, 0.5) is 5.82 Å². The van der Waals surface area contributed by atoms with Crippen LogP contribution >= 0.6 is 0 Å². The highest BCUT2D eigenvalue weighted by atomic mass is 16.5. The fourth-order valence-corrected chi connectivity index (χ4v) is 2.93. The summed E-state index contributed by atoms with van der Waals surface area (Å²) in [6.07, 6.45) is 6.44. The number of pyridine rings is 1. The lowest BCUT2D eigenvalue weighted by Crippen LogP contribution is -2.49. The van der Waals surface area contributed by atoms with Crippen molar-refractivity contribution in [3.8, 4) is 0 Å². The average Bonchev–Trinajstić information content (AvgIpc) is 2.86. The van der Waals surface area contributed by atoms with Gasteiger partial charge in [-0.1, -0.05) is 0 Å². The molecule has 1 aliphatic heterocycles. The molecule has 17 heavy (non-hydrogen) atoms. The maximum atomic E-state index is 11.1. The molecule has 0 spiro atoms. The van der Waals surface area contributed by atoms with Crippen molar-refractivity contribution in [1.82, 2.24) is 4.98 Å². The van der Waals surface area contributed by atoms with Crippen LogP contribution in [0.2, 0.25) is 0 Å². The highest BCUT2D eigenvalue weighted by molar-refractivity contribution is 5.82. The lowest BCUT2D eigenvalue weighted by molar-refractivity contribution is 0.0252. The van der Waals surface area contributed by atoms with Crippen molar-refractivity contribution in [2.45, 2.75) is 31.4 Å². The number of hydrogen-bond donors (Lipinski definition) is 0. The first-order chi connectivity index (χ1) is 8.40. The van der Waals surface area contributed by atoms with Crippen molar-refractivity contribution in [1.29, 1.82) is 0 Å². The van der Waals surface area contributed by atoms with Crippen molar-refractivity contribution in [3.05, 3.63) is 23.9 Å². The number of morpholine rings is 1. The van der Waals surface area contributed by atoms with E-state index in [9.17, 15) is 4.79 Å². The monoisotopic (exact) mass is 232 g/mol. The minimum atomic E-state index is 0.324. The van der Waals surface area contributed by atoms with Gasteiger partial charge in [0.1, 0.15) is 5.82 Å². The van der Waals surface area contributed by atoms with Gasteiger partial charge in [-0.2, -0.15) is 0 Å². The van der Waals surface area contributed by atoms with E-state index in [1.54, 1.807) is 12.3 Å². The molecule has 2 aliphatic rings. The third-order valence-electron chi connectivity index (χ3n) is 3.70. The van der Waals surface area contributed by atoms with E-state index in [-0.39, 0.29) is 0 Å². The number of nitrogens with zero attached hydrogens (tertiary/aromatic N) is 2. The predicted molar refractivity (Wildman–Crippen MR) is 64.3 cm³/mol. The van der Waals surface area contributed by atoms with E-state index < -0.39 is 0 Å². The third kappa shape index (κ3) is 1.82. The Hall–Kier alpha value is -1.42. The van der Waals surface area contributed by atoms with Crippen molar-refractivity contribution in [2.24, 2.45) is 0 Å². The lowest BCUT2D eigenvalue weighted by Gasteiger charge is -2.38. The average molecular weight is 232 g/mol. The molecule has 2 atom stereocenters. The minimum absolute atomic E-state index is 0.324. The predicted octanol–water partition coefficient (Wildman–Crippen LogP) is 1.65. The number of aldehydes is 1. The molecule has 2 heterocycles. The molecule has 0 radical (unpaired) electrons. The Labute approximate surface area is 101 Å². The van der Waals surface area contributed by atoms with E-state index in [4.69, 9.17) is 4.74 Å². The molecular weight excluding hydrogens is 216 g/mol. The number of ether oxygens (including phenoxy) is 1. The van der Waals surface area contributed by atoms with Crippen LogP contribution in [0.25, 0.3) is 0 Å². The Kier molecular flexibility index (Phi) is 2.81. The zero-order valence-electron chi connectivity index (χ0n) is 9.71. The summed E-state index contributed by atoms with van der Waals surface area (Å²) >= 11 is 0. The number of rotatable bonds is 2. The molecule has 90 valence electrons. The zero-order valence-corrected chi connectivity index (χ0v) is 9.71. The number of aromatic nitrogens is 1. The van der Waals surface area contributed by atoms with Crippen molar-refractivity contribution in [2.75, 3.05) is 18.1 Å². The van der Waals surface area contributed by atoms with E-state index in [0.717, 1.165) is 38.1 Å². The fourth-order valence-electron chi connectivity index (χ4n) is 2.93. The Morgan fingerprint density at radius 2 is 2.41 bits per heavy atom. The van der Waals surface area contributed by atoms with E-state index in [1.165, 1.54) is 6.42 Å². The van der Waals surface area contributed by atoms with Gasteiger partial charge in [-0.3, -0.25) is 4.79 Å². The van der Waals surface area contributed by atoms with Gasteiger partial charge in [0, 0.05) is 12.7 Å². The summed E-state index contributed by atoms with van der Waals surface area (Å²) in [5.74, 6) is 0.822. The number of carbonyl (C=O) groups excluding carboxylic acids is 1. The van der Waals surface area contributed by atoms with Gasteiger partial charge in [0.2, 0.25) is 0 Å². The molecule has 2 fully saturated rings. The van der Waals surface area contributed by atoms with Crippen molar-refractivity contribution >= 4 is 12.1 Å². The van der Waals surface area contributed by atoms with Gasteiger partial charge in [-0.15, -0.1) is 0 Å². The second-order valence-electron chi connectivity index (χ2n) is 4.63. The summed E-state index contributed by atoms with van der Waals surface area (Å²) < 4.78 is 5.77. The lowest BCUT2D eigenvalue weighted by atomic mass is 10.1. The molecule has 0 N–H and O–H groups in total. The van der Waals surface area contributed by atoms with Crippen molar-refractivity contribution < 1.29 is 9.53 Å². The van der Waals surface area contributed by atoms with E-state index in [1.807, 2.05) is 6.07 Å². The second kappa shape index (κ2) is 4.45. The first-order valence-corrected chi connectivity index (χ1v) is 6.18. The Morgan fingerprint density at radius 3 is 3.29 bits per heavy atom. The molecule has 0 aromatic carbocycles. The van der Waals surface area contributed by atoms with E-state index >= 15 is 0 Å². The fraction of sp³-hybridized carbons (Fsp3) is 0.538. The standard InChI is InChI=1S/C13H16N2O2/c16-9-10-3-2-6-14-13(10)15-7-8-17-12-5-1-4-11(12)15/h2-3,6,9,11-12H,1,4-5,7-8H2. The summed E-state index contributed by atoms with van der Waals surface area (Å²) in [4.78, 5) is 17.7. The number of hydrogen-bond acceptors (Lipinski definition) is 4. The number of anilines is 1. The molecule has 1 saturated carbocycles.